The molecule has 1 saturated heterocycles. The minimum absolute atomic E-state index is 0.142. The molecule has 11 heteroatoms. The van der Waals surface area contributed by atoms with Crippen LogP contribution >= 0.6 is 27.3 Å². The summed E-state index contributed by atoms with van der Waals surface area (Å²) in [5.74, 6) is -0.574. The maximum absolute atomic E-state index is 12.7. The number of halogens is 1. The Balaban J connectivity index is 1.66. The summed E-state index contributed by atoms with van der Waals surface area (Å²) in [5.41, 5.74) is 1.63. The molecule has 2 aromatic rings. The molecule has 1 aromatic carbocycles. The van der Waals surface area contributed by atoms with E-state index < -0.39 is 24.1 Å². The Kier molecular flexibility index (Phi) is 7.19. The van der Waals surface area contributed by atoms with Gasteiger partial charge in [-0.1, -0.05) is 11.3 Å². The van der Waals surface area contributed by atoms with Gasteiger partial charge in [0.2, 0.25) is 5.91 Å². The van der Waals surface area contributed by atoms with Gasteiger partial charge in [-0.15, -0.1) is 0 Å². The van der Waals surface area contributed by atoms with Crippen LogP contribution in [-0.4, -0.2) is 67.5 Å². The molecule has 2 heterocycles. The molecule has 1 aliphatic heterocycles. The van der Waals surface area contributed by atoms with Gasteiger partial charge in [0, 0.05) is 45.4 Å². The summed E-state index contributed by atoms with van der Waals surface area (Å²) in [4.78, 5) is 53.3. The molecule has 3 rings (SSSR count). The number of amides is 5. The second-order valence-corrected chi connectivity index (χ2v) is 9.96. The van der Waals surface area contributed by atoms with Crippen molar-refractivity contribution in [1.29, 1.82) is 0 Å². The lowest BCUT2D eigenvalue weighted by Gasteiger charge is -2.22. The van der Waals surface area contributed by atoms with Gasteiger partial charge in [-0.2, -0.15) is 0 Å². The van der Waals surface area contributed by atoms with E-state index in [1.165, 1.54) is 23.3 Å². The van der Waals surface area contributed by atoms with Gasteiger partial charge in [-0.25, -0.2) is 9.59 Å². The van der Waals surface area contributed by atoms with E-state index >= 15 is 0 Å². The van der Waals surface area contributed by atoms with Gasteiger partial charge >= 0.3 is 12.1 Å². The van der Waals surface area contributed by atoms with E-state index in [1.54, 1.807) is 56.3 Å². The van der Waals surface area contributed by atoms with Crippen molar-refractivity contribution >= 4 is 56.9 Å². The molecule has 0 bridgehead atoms. The molecular weight excluding hydrogens is 500 g/mol. The smallest absolute Gasteiger partial charge is 0.399 e. The van der Waals surface area contributed by atoms with E-state index in [0.29, 0.717) is 21.9 Å². The van der Waals surface area contributed by atoms with Crippen molar-refractivity contribution in [3.63, 3.8) is 0 Å². The van der Waals surface area contributed by atoms with Crippen LogP contribution in [-0.2, 0) is 4.79 Å². The molecule has 170 valence electrons. The van der Waals surface area contributed by atoms with Crippen LogP contribution in [0.2, 0.25) is 0 Å². The Morgan fingerprint density at radius 1 is 1.19 bits per heavy atom. The Morgan fingerprint density at radius 2 is 1.91 bits per heavy atom. The van der Waals surface area contributed by atoms with Crippen molar-refractivity contribution in [2.45, 2.75) is 19.4 Å². The number of hydrogen-bond donors (Lipinski definition) is 1. The molecule has 1 atom stereocenters. The van der Waals surface area contributed by atoms with Crippen LogP contribution in [0.3, 0.4) is 0 Å². The molecule has 1 N–H and O–H groups in total. The van der Waals surface area contributed by atoms with E-state index in [0.717, 1.165) is 8.69 Å². The topological polar surface area (TPSA) is 99.3 Å². The molecule has 1 fully saturated rings. The average molecular weight is 523 g/mol. The number of nitrogens with one attached hydrogen (secondary N) is 1. The number of carbonyl (C=O) groups is 4. The molecule has 32 heavy (non-hydrogen) atoms. The number of benzene rings is 1. The van der Waals surface area contributed by atoms with Crippen LogP contribution in [0.5, 0.6) is 5.06 Å². The molecule has 0 radical (unpaired) electrons. The Hall–Kier alpha value is -2.92. The minimum Gasteiger partial charge on any atom is -0.399 e. The number of imide groups is 1. The molecule has 1 aliphatic rings. The first-order valence-electron chi connectivity index (χ1n) is 9.71. The summed E-state index contributed by atoms with van der Waals surface area (Å²) in [6.07, 6.45) is -0.479. The van der Waals surface area contributed by atoms with Gasteiger partial charge < -0.3 is 19.9 Å². The lowest BCUT2D eigenvalue weighted by Crippen LogP contribution is -2.40. The monoisotopic (exact) mass is 522 g/mol. The van der Waals surface area contributed by atoms with Crippen molar-refractivity contribution in [3.8, 4) is 5.06 Å². The van der Waals surface area contributed by atoms with Crippen LogP contribution in [0.15, 0.2) is 34.1 Å². The van der Waals surface area contributed by atoms with Crippen molar-refractivity contribution in [3.05, 3.63) is 45.2 Å². The van der Waals surface area contributed by atoms with E-state index in [4.69, 9.17) is 4.74 Å². The first-order valence-corrected chi connectivity index (χ1v) is 11.3. The number of ether oxygens (including phenoxy) is 1. The Morgan fingerprint density at radius 3 is 2.50 bits per heavy atom. The highest BCUT2D eigenvalue weighted by molar-refractivity contribution is 9.11. The fourth-order valence-electron chi connectivity index (χ4n) is 3.32. The molecule has 1 unspecified atom stereocenters. The third-order valence-corrected chi connectivity index (χ3v) is 6.42. The molecule has 0 aliphatic carbocycles. The number of aryl methyl sites for hydroxylation is 1. The number of nitrogens with zero attached hydrogens (tertiary/aromatic N) is 3. The zero-order valence-corrected chi connectivity index (χ0v) is 20.4. The molecule has 1 aromatic heterocycles. The van der Waals surface area contributed by atoms with Gasteiger partial charge in [0.05, 0.1) is 9.83 Å². The summed E-state index contributed by atoms with van der Waals surface area (Å²) < 4.78 is 6.07. The average Bonchev–Trinajstić information content (AvgIpc) is 3.30. The summed E-state index contributed by atoms with van der Waals surface area (Å²) >= 11 is 4.59. The lowest BCUT2D eigenvalue weighted by atomic mass is 10.1. The quantitative estimate of drug-likeness (QED) is 0.662. The zero-order chi connectivity index (χ0) is 23.6. The van der Waals surface area contributed by atoms with Crippen molar-refractivity contribution < 1.29 is 23.9 Å². The van der Waals surface area contributed by atoms with Crippen LogP contribution in [0.25, 0.3) is 0 Å². The number of anilines is 1. The normalized spacial score (nSPS) is 15.5. The molecular formula is C21H23BrN4O5S. The fraction of sp³-hybridized carbons (Fsp3) is 0.333. The predicted octanol–water partition coefficient (Wildman–Crippen LogP) is 3.47. The maximum Gasteiger partial charge on any atom is 0.413 e. The SMILES string of the molecule is Cc1cc(N2CC(NC(=O)Oc3ccc(Br)s3)CC2=O)ccc1C(=O)N(C)C(=O)N(C)C. The Labute approximate surface area is 198 Å². The molecule has 0 saturated carbocycles. The number of hydrogen-bond acceptors (Lipinski definition) is 6. The standard InChI is InChI=1S/C21H23BrN4O5S/c1-12-9-14(5-6-15(12)19(28)25(4)21(30)24(2)3)26-11-13(10-17(26)27)23-20(29)31-18-8-7-16(22)32-18/h5-9,13H,10-11H2,1-4H3,(H,23,29). The number of thiophene rings is 1. The van der Waals surface area contributed by atoms with Gasteiger partial charge in [-0.3, -0.25) is 14.5 Å². The highest BCUT2D eigenvalue weighted by atomic mass is 79.9. The van der Waals surface area contributed by atoms with E-state index in [2.05, 4.69) is 21.2 Å². The summed E-state index contributed by atoms with van der Waals surface area (Å²) in [5, 5.41) is 3.16. The summed E-state index contributed by atoms with van der Waals surface area (Å²) in [6.45, 7) is 2.03. The first-order chi connectivity index (χ1) is 15.1. The highest BCUT2D eigenvalue weighted by Crippen LogP contribution is 2.29. The van der Waals surface area contributed by atoms with Crippen LogP contribution in [0, 0.1) is 6.92 Å². The zero-order valence-electron chi connectivity index (χ0n) is 18.0. The predicted molar refractivity (Wildman–Crippen MR) is 124 cm³/mol. The highest BCUT2D eigenvalue weighted by Gasteiger charge is 2.32. The van der Waals surface area contributed by atoms with Crippen molar-refractivity contribution in [2.24, 2.45) is 0 Å². The van der Waals surface area contributed by atoms with E-state index in [1.807, 2.05) is 0 Å². The molecule has 5 amide bonds. The van der Waals surface area contributed by atoms with Gasteiger partial charge in [0.25, 0.3) is 5.91 Å². The van der Waals surface area contributed by atoms with Crippen LogP contribution < -0.4 is 15.0 Å². The Bertz CT molecular complexity index is 1070. The third kappa shape index (κ3) is 5.28. The van der Waals surface area contributed by atoms with Crippen molar-refractivity contribution in [2.75, 3.05) is 32.6 Å². The summed E-state index contributed by atoms with van der Waals surface area (Å²) in [7, 11) is 4.56. The van der Waals surface area contributed by atoms with Crippen LogP contribution in [0.1, 0.15) is 22.3 Å². The van der Waals surface area contributed by atoms with E-state index in [9.17, 15) is 19.2 Å². The maximum atomic E-state index is 12.7. The van der Waals surface area contributed by atoms with Crippen molar-refractivity contribution in [1.82, 2.24) is 15.1 Å². The first kappa shape index (κ1) is 23.7. The van der Waals surface area contributed by atoms with E-state index in [-0.39, 0.29) is 18.9 Å². The minimum atomic E-state index is -0.621. The third-order valence-electron chi connectivity index (χ3n) is 4.92. The largest absolute Gasteiger partial charge is 0.413 e. The molecule has 0 spiro atoms. The fourth-order valence-corrected chi connectivity index (χ4v) is 4.51. The van der Waals surface area contributed by atoms with Gasteiger partial charge in [-0.05, 0) is 58.7 Å². The van der Waals surface area contributed by atoms with Gasteiger partial charge in [0.1, 0.15) is 0 Å². The van der Waals surface area contributed by atoms with Crippen LogP contribution in [0.4, 0.5) is 15.3 Å². The van der Waals surface area contributed by atoms with Gasteiger partial charge in [0.15, 0.2) is 5.06 Å². The second kappa shape index (κ2) is 9.70. The number of urea groups is 1. The molecule has 9 nitrogen and oxygen atoms in total. The lowest BCUT2D eigenvalue weighted by molar-refractivity contribution is -0.117. The number of carbonyl (C=O) groups excluding carboxylic acids is 4. The number of rotatable bonds is 4. The second-order valence-electron chi connectivity index (χ2n) is 7.54. The summed E-state index contributed by atoms with van der Waals surface area (Å²) in [6, 6.07) is 7.62.